The average Bonchev–Trinajstić information content (AvgIpc) is 3.09. The highest BCUT2D eigenvalue weighted by atomic mass is 127. The third-order valence-electron chi connectivity index (χ3n) is 3.51. The van der Waals surface area contributed by atoms with Gasteiger partial charge in [0.1, 0.15) is 5.75 Å². The molecule has 1 unspecified atom stereocenters. The lowest BCUT2D eigenvalue weighted by Gasteiger charge is -2.17. The summed E-state index contributed by atoms with van der Waals surface area (Å²) in [5.74, 6) is 1.78. The molecule has 2 aromatic rings. The zero-order valence-electron chi connectivity index (χ0n) is 14.4. The van der Waals surface area contributed by atoms with Gasteiger partial charge in [-0.15, -0.1) is 35.3 Å². The maximum absolute atomic E-state index is 5.79. The second-order valence-corrected chi connectivity index (χ2v) is 6.33. The van der Waals surface area contributed by atoms with Gasteiger partial charge in [-0.05, 0) is 43.3 Å². The molecular weight excluding hydrogens is 433 g/mol. The first-order valence-corrected chi connectivity index (χ1v) is 8.77. The van der Waals surface area contributed by atoms with Gasteiger partial charge in [-0.3, -0.25) is 4.99 Å². The van der Waals surface area contributed by atoms with Crippen molar-refractivity contribution in [3.05, 3.63) is 52.2 Å². The van der Waals surface area contributed by atoms with Gasteiger partial charge < -0.3 is 15.4 Å². The van der Waals surface area contributed by atoms with E-state index in [2.05, 4.69) is 53.1 Å². The molecule has 1 aromatic carbocycles. The van der Waals surface area contributed by atoms with Crippen LogP contribution in [0.1, 0.15) is 29.8 Å². The molecular formula is C18H26IN3OS. The number of hydrogen-bond acceptors (Lipinski definition) is 3. The molecule has 0 fully saturated rings. The van der Waals surface area contributed by atoms with Crippen LogP contribution in [0.2, 0.25) is 0 Å². The molecule has 1 atom stereocenters. The monoisotopic (exact) mass is 459 g/mol. The molecule has 2 rings (SSSR count). The smallest absolute Gasteiger partial charge is 0.191 e. The Morgan fingerprint density at radius 2 is 2.04 bits per heavy atom. The van der Waals surface area contributed by atoms with Crippen LogP contribution in [0.3, 0.4) is 0 Å². The fraction of sp³-hybridized carbons (Fsp3) is 0.389. The number of nitrogens with zero attached hydrogens (tertiary/aromatic N) is 1. The summed E-state index contributed by atoms with van der Waals surface area (Å²) in [7, 11) is 1.79. The Morgan fingerprint density at radius 3 is 2.71 bits per heavy atom. The fourth-order valence-corrected chi connectivity index (χ4v) is 2.92. The van der Waals surface area contributed by atoms with Crippen LogP contribution in [0.4, 0.5) is 0 Å². The zero-order valence-corrected chi connectivity index (χ0v) is 17.6. The highest BCUT2D eigenvalue weighted by molar-refractivity contribution is 14.0. The first-order chi connectivity index (χ1) is 11.2. The van der Waals surface area contributed by atoms with Crippen LogP contribution in [0.15, 0.2) is 46.8 Å². The molecule has 0 radical (unpaired) electrons. The van der Waals surface area contributed by atoms with Crippen molar-refractivity contribution in [1.29, 1.82) is 0 Å². The van der Waals surface area contributed by atoms with E-state index in [1.807, 2.05) is 18.2 Å². The summed E-state index contributed by atoms with van der Waals surface area (Å²) in [6, 6.07) is 12.5. The van der Waals surface area contributed by atoms with Crippen molar-refractivity contribution in [1.82, 2.24) is 10.6 Å². The van der Waals surface area contributed by atoms with Crippen LogP contribution in [0, 0.1) is 6.92 Å². The molecule has 2 N–H and O–H groups in total. The molecule has 0 aliphatic heterocycles. The summed E-state index contributed by atoms with van der Waals surface area (Å²) in [6.07, 6.45) is 0.919. The summed E-state index contributed by atoms with van der Waals surface area (Å²) in [5.41, 5.74) is 1.17. The fourth-order valence-electron chi connectivity index (χ4n) is 2.19. The van der Waals surface area contributed by atoms with Gasteiger partial charge >= 0.3 is 0 Å². The largest absolute Gasteiger partial charge is 0.493 e. The van der Waals surface area contributed by atoms with Crippen LogP contribution >= 0.6 is 35.3 Å². The molecule has 0 bridgehead atoms. The molecule has 132 valence electrons. The van der Waals surface area contributed by atoms with Gasteiger partial charge in [0.15, 0.2) is 5.96 Å². The molecule has 0 spiro atoms. The van der Waals surface area contributed by atoms with Crippen LogP contribution in [-0.2, 0) is 0 Å². The Labute approximate surface area is 165 Å². The first-order valence-electron chi connectivity index (χ1n) is 7.89. The van der Waals surface area contributed by atoms with E-state index in [0.29, 0.717) is 6.61 Å². The van der Waals surface area contributed by atoms with E-state index in [1.165, 1.54) is 10.4 Å². The lowest BCUT2D eigenvalue weighted by Crippen LogP contribution is -2.39. The Hall–Kier alpha value is -1.28. The summed E-state index contributed by atoms with van der Waals surface area (Å²) < 4.78 is 5.79. The van der Waals surface area contributed by atoms with Crippen molar-refractivity contribution in [2.45, 2.75) is 26.3 Å². The van der Waals surface area contributed by atoms with Crippen molar-refractivity contribution < 1.29 is 4.74 Å². The van der Waals surface area contributed by atoms with Gasteiger partial charge in [0.05, 0.1) is 12.6 Å². The number of aryl methyl sites for hydroxylation is 1. The van der Waals surface area contributed by atoms with Crippen molar-refractivity contribution in [2.24, 2.45) is 4.99 Å². The third-order valence-corrected chi connectivity index (χ3v) is 4.57. The lowest BCUT2D eigenvalue weighted by molar-refractivity contribution is 0.309. The second kappa shape index (κ2) is 11.3. The van der Waals surface area contributed by atoms with E-state index in [9.17, 15) is 0 Å². The minimum absolute atomic E-state index is 0. The number of guanidine groups is 1. The van der Waals surface area contributed by atoms with E-state index < -0.39 is 0 Å². The SMILES string of the molecule is CN=C(NCCCOc1ccccc1C)NC(C)c1cccs1.I. The molecule has 0 aliphatic carbocycles. The van der Waals surface area contributed by atoms with Gasteiger partial charge in [-0.1, -0.05) is 24.3 Å². The van der Waals surface area contributed by atoms with E-state index >= 15 is 0 Å². The molecule has 0 amide bonds. The quantitative estimate of drug-likeness (QED) is 0.280. The average molecular weight is 459 g/mol. The molecule has 4 nitrogen and oxygen atoms in total. The Balaban J connectivity index is 0.00000288. The number of thiophene rings is 1. The van der Waals surface area contributed by atoms with Gasteiger partial charge in [0, 0.05) is 18.5 Å². The Bertz CT molecular complexity index is 616. The number of nitrogens with one attached hydrogen (secondary N) is 2. The molecule has 1 aromatic heterocycles. The molecule has 0 saturated carbocycles. The molecule has 0 aliphatic rings. The summed E-state index contributed by atoms with van der Waals surface area (Å²) >= 11 is 1.75. The van der Waals surface area contributed by atoms with Crippen molar-refractivity contribution in [3.63, 3.8) is 0 Å². The van der Waals surface area contributed by atoms with Crippen LogP contribution in [-0.4, -0.2) is 26.2 Å². The number of benzene rings is 1. The van der Waals surface area contributed by atoms with E-state index in [1.54, 1.807) is 18.4 Å². The number of aliphatic imine (C=N–C) groups is 1. The molecule has 6 heteroatoms. The highest BCUT2D eigenvalue weighted by Crippen LogP contribution is 2.18. The maximum Gasteiger partial charge on any atom is 0.191 e. The highest BCUT2D eigenvalue weighted by Gasteiger charge is 2.08. The first kappa shape index (κ1) is 20.8. The predicted octanol–water partition coefficient (Wildman–Crippen LogP) is 4.37. The lowest BCUT2D eigenvalue weighted by atomic mass is 10.2. The van der Waals surface area contributed by atoms with Crippen LogP contribution in [0.5, 0.6) is 5.75 Å². The topological polar surface area (TPSA) is 45.7 Å². The van der Waals surface area contributed by atoms with Crippen molar-refractivity contribution in [2.75, 3.05) is 20.2 Å². The van der Waals surface area contributed by atoms with Crippen LogP contribution in [0.25, 0.3) is 0 Å². The van der Waals surface area contributed by atoms with E-state index in [4.69, 9.17) is 4.74 Å². The number of ether oxygens (including phenoxy) is 1. The summed E-state index contributed by atoms with van der Waals surface area (Å²) in [6.45, 7) is 5.71. The van der Waals surface area contributed by atoms with Gasteiger partial charge in [-0.2, -0.15) is 0 Å². The number of para-hydroxylation sites is 1. The van der Waals surface area contributed by atoms with Crippen LogP contribution < -0.4 is 15.4 Å². The predicted molar refractivity (Wildman–Crippen MR) is 114 cm³/mol. The number of halogens is 1. The normalized spacial score (nSPS) is 12.2. The minimum atomic E-state index is 0. The van der Waals surface area contributed by atoms with Crippen molar-refractivity contribution >= 4 is 41.3 Å². The Kier molecular flexibility index (Phi) is 9.78. The standard InChI is InChI=1S/C18H25N3OS.HI/c1-14-8-4-5-9-16(14)22-12-7-11-20-18(19-3)21-15(2)17-10-6-13-23-17;/h4-6,8-10,13,15H,7,11-12H2,1-3H3,(H2,19,20,21);1H. The van der Waals surface area contributed by atoms with Gasteiger partial charge in [-0.25, -0.2) is 0 Å². The Morgan fingerprint density at radius 1 is 1.25 bits per heavy atom. The zero-order chi connectivity index (χ0) is 16.5. The maximum atomic E-state index is 5.79. The number of hydrogen-bond donors (Lipinski definition) is 2. The van der Waals surface area contributed by atoms with E-state index in [0.717, 1.165) is 24.7 Å². The van der Waals surface area contributed by atoms with Gasteiger partial charge in [0.2, 0.25) is 0 Å². The number of rotatable bonds is 7. The van der Waals surface area contributed by atoms with E-state index in [-0.39, 0.29) is 30.0 Å². The summed E-state index contributed by atoms with van der Waals surface area (Å²) in [4.78, 5) is 5.57. The minimum Gasteiger partial charge on any atom is -0.493 e. The summed E-state index contributed by atoms with van der Waals surface area (Å²) in [5, 5.41) is 8.81. The molecule has 24 heavy (non-hydrogen) atoms. The van der Waals surface area contributed by atoms with Gasteiger partial charge in [0.25, 0.3) is 0 Å². The van der Waals surface area contributed by atoms with Crippen molar-refractivity contribution in [3.8, 4) is 5.75 Å². The third kappa shape index (κ3) is 6.68. The molecule has 1 heterocycles. The second-order valence-electron chi connectivity index (χ2n) is 5.35. The molecule has 0 saturated heterocycles.